The molecule has 1 fully saturated rings. The van der Waals surface area contributed by atoms with E-state index >= 15 is 0 Å². The minimum Gasteiger partial charge on any atom is -0.462 e. The third-order valence-electron chi connectivity index (χ3n) is 9.81. The third-order valence-corrected chi connectivity index (χ3v) is 10.8. The van der Waals surface area contributed by atoms with Crippen molar-refractivity contribution in [2.24, 2.45) is 0 Å². The lowest BCUT2D eigenvalue weighted by atomic mass is 9.85. The van der Waals surface area contributed by atoms with Gasteiger partial charge in [0.25, 0.3) is 0 Å². The summed E-state index contributed by atoms with van der Waals surface area (Å²) in [6, 6.07) is 0. The Hall–Kier alpha value is -2.45. The molecule has 1 aliphatic carbocycles. The number of esters is 2. The first-order valence-corrected chi connectivity index (χ1v) is 23.6. The molecule has 14 heteroatoms. The van der Waals surface area contributed by atoms with E-state index in [4.69, 9.17) is 18.5 Å². The topological polar surface area (TPSA) is 210 Å². The molecule has 8 atom stereocenters. The second-order valence-corrected chi connectivity index (χ2v) is 16.6. The number of carbonyl (C=O) groups is 2. The van der Waals surface area contributed by atoms with Crippen LogP contribution >= 0.6 is 7.82 Å². The highest BCUT2D eigenvalue weighted by Crippen LogP contribution is 2.47. The quantitative estimate of drug-likeness (QED) is 0.0154. The van der Waals surface area contributed by atoms with Gasteiger partial charge in [-0.3, -0.25) is 18.6 Å². The zero-order valence-electron chi connectivity index (χ0n) is 35.8. The molecule has 0 radical (unpaired) electrons. The maximum Gasteiger partial charge on any atom is 0.472 e. The number of hydrogen-bond acceptors (Lipinski definition) is 12. The lowest BCUT2D eigenvalue weighted by Gasteiger charge is -2.41. The number of hydrogen-bond donors (Lipinski definition) is 6. The Morgan fingerprint density at radius 2 is 0.949 bits per heavy atom. The molecular formula is C45H77O13P. The van der Waals surface area contributed by atoms with Crippen LogP contribution in [0.15, 0.2) is 60.8 Å². The summed E-state index contributed by atoms with van der Waals surface area (Å²) in [7, 11) is -5.13. The van der Waals surface area contributed by atoms with Gasteiger partial charge >= 0.3 is 19.8 Å². The van der Waals surface area contributed by atoms with E-state index in [0.717, 1.165) is 83.5 Å². The van der Waals surface area contributed by atoms with E-state index in [9.17, 15) is 44.6 Å². The molecule has 0 aromatic rings. The average Bonchev–Trinajstić information content (AvgIpc) is 3.21. The molecule has 0 bridgehead atoms. The van der Waals surface area contributed by atoms with Crippen LogP contribution in [0.3, 0.4) is 0 Å². The molecule has 0 spiro atoms. The molecule has 6 unspecified atom stereocenters. The van der Waals surface area contributed by atoms with Crippen LogP contribution in [0.2, 0.25) is 0 Å². The zero-order chi connectivity index (χ0) is 43.6. The van der Waals surface area contributed by atoms with Crippen molar-refractivity contribution in [3.63, 3.8) is 0 Å². The number of phosphoric ester groups is 1. The SMILES string of the molecule is CCC/C=C/C/C=C/C/C=C/C/C=C/CCCCCC(=O)OC[C@@H](COP(=O)(O)OC1C(O)C(O)C(O)[C@H](O)C1O)OC(=O)CCCCCCC/C=C/CCCCCC. The van der Waals surface area contributed by atoms with Crippen molar-refractivity contribution >= 4 is 19.8 Å². The number of allylic oxidation sites excluding steroid dienone is 10. The summed E-state index contributed by atoms with van der Waals surface area (Å²) in [5.41, 5.74) is 0. The predicted octanol–water partition coefficient (Wildman–Crippen LogP) is 8.16. The van der Waals surface area contributed by atoms with Crippen LogP contribution in [0.5, 0.6) is 0 Å². The fraction of sp³-hybridized carbons (Fsp3) is 0.733. The van der Waals surface area contributed by atoms with E-state index in [1.165, 1.54) is 32.1 Å². The molecule has 1 aliphatic rings. The largest absolute Gasteiger partial charge is 0.472 e. The van der Waals surface area contributed by atoms with Crippen molar-refractivity contribution in [2.45, 2.75) is 198 Å². The lowest BCUT2D eigenvalue weighted by Crippen LogP contribution is -2.64. The van der Waals surface area contributed by atoms with Gasteiger partial charge < -0.3 is 39.9 Å². The molecule has 1 saturated carbocycles. The van der Waals surface area contributed by atoms with E-state index in [2.05, 4.69) is 74.6 Å². The normalized spacial score (nSPS) is 22.9. The minimum absolute atomic E-state index is 0.0767. The molecule has 0 aromatic carbocycles. The van der Waals surface area contributed by atoms with Gasteiger partial charge in [0, 0.05) is 12.8 Å². The van der Waals surface area contributed by atoms with Gasteiger partial charge in [-0.05, 0) is 77.0 Å². The van der Waals surface area contributed by atoms with Crippen molar-refractivity contribution in [1.82, 2.24) is 0 Å². The van der Waals surface area contributed by atoms with Gasteiger partial charge in [-0.2, -0.15) is 0 Å². The molecule has 59 heavy (non-hydrogen) atoms. The van der Waals surface area contributed by atoms with Crippen LogP contribution in [0.4, 0.5) is 0 Å². The van der Waals surface area contributed by atoms with Gasteiger partial charge in [-0.1, -0.05) is 126 Å². The first-order chi connectivity index (χ1) is 28.4. The van der Waals surface area contributed by atoms with Crippen LogP contribution in [0, 0.1) is 0 Å². The summed E-state index contributed by atoms with van der Waals surface area (Å²) in [6.45, 7) is 3.16. The van der Waals surface area contributed by atoms with E-state index < -0.39 is 75.7 Å². The zero-order valence-corrected chi connectivity index (χ0v) is 36.7. The molecule has 0 aromatic heterocycles. The Labute approximate surface area is 353 Å². The molecule has 0 amide bonds. The molecule has 340 valence electrons. The van der Waals surface area contributed by atoms with Gasteiger partial charge in [0.2, 0.25) is 0 Å². The van der Waals surface area contributed by atoms with Crippen LogP contribution in [-0.2, 0) is 32.7 Å². The highest BCUT2D eigenvalue weighted by molar-refractivity contribution is 7.47. The van der Waals surface area contributed by atoms with E-state index in [-0.39, 0.29) is 12.8 Å². The summed E-state index contributed by atoms with van der Waals surface area (Å²) in [6.07, 6.45) is 28.5. The second kappa shape index (κ2) is 35.2. The third kappa shape index (κ3) is 27.9. The standard InChI is InChI=1S/C45H77O13P/c1-3-5-7-9-11-13-15-17-18-19-20-22-23-25-27-29-31-33-38(46)55-35-37(36-56-59(53,54)58-45-43(51)41(49)40(48)42(50)44(45)52)57-39(47)34-32-30-28-26-24-21-16-14-12-10-8-6-4-2/h7,9,13-16,18-19,22-23,37,40-45,48-52H,3-6,8,10-12,17,20-21,24-36H2,1-2H3,(H,53,54)/b9-7+,15-13+,16-14+,19-18+,23-22+/t37-,40?,41-,42?,43?,44?,45?/m0/s1. The molecule has 13 nitrogen and oxygen atoms in total. The summed E-state index contributed by atoms with van der Waals surface area (Å²) < 4.78 is 33.4. The number of aliphatic hydroxyl groups is 5. The van der Waals surface area contributed by atoms with Gasteiger partial charge in [0.05, 0.1) is 6.61 Å². The highest BCUT2D eigenvalue weighted by Gasteiger charge is 2.51. The van der Waals surface area contributed by atoms with E-state index in [1.807, 2.05) is 0 Å². The molecule has 1 rings (SSSR count). The monoisotopic (exact) mass is 857 g/mol. The molecule has 6 N–H and O–H groups in total. The Morgan fingerprint density at radius 1 is 0.525 bits per heavy atom. The van der Waals surface area contributed by atoms with Gasteiger partial charge in [0.1, 0.15) is 43.2 Å². The number of rotatable bonds is 35. The lowest BCUT2D eigenvalue weighted by molar-refractivity contribution is -0.220. The molecular weight excluding hydrogens is 779 g/mol. The summed E-state index contributed by atoms with van der Waals surface area (Å²) in [5, 5.41) is 50.1. The highest BCUT2D eigenvalue weighted by atomic mass is 31.2. The predicted molar refractivity (Wildman–Crippen MR) is 230 cm³/mol. The average molecular weight is 857 g/mol. The van der Waals surface area contributed by atoms with Crippen molar-refractivity contribution in [3.8, 4) is 0 Å². The van der Waals surface area contributed by atoms with Crippen molar-refractivity contribution in [2.75, 3.05) is 13.2 Å². The summed E-state index contributed by atoms with van der Waals surface area (Å²) in [5.74, 6) is -1.15. The van der Waals surface area contributed by atoms with Gasteiger partial charge in [-0.15, -0.1) is 0 Å². The molecule has 0 heterocycles. The van der Waals surface area contributed by atoms with Crippen LogP contribution in [-0.4, -0.2) is 98.3 Å². The first kappa shape index (κ1) is 54.6. The number of ether oxygens (including phenoxy) is 2. The van der Waals surface area contributed by atoms with Gasteiger partial charge in [-0.25, -0.2) is 4.57 Å². The number of unbranched alkanes of at least 4 members (excludes halogenated alkanes) is 13. The van der Waals surface area contributed by atoms with E-state index in [0.29, 0.717) is 12.8 Å². The van der Waals surface area contributed by atoms with Crippen LogP contribution in [0.25, 0.3) is 0 Å². The fourth-order valence-corrected chi connectivity index (χ4v) is 7.18. The van der Waals surface area contributed by atoms with Crippen LogP contribution in [0.1, 0.15) is 155 Å². The molecule has 0 aliphatic heterocycles. The maximum atomic E-state index is 12.8. The van der Waals surface area contributed by atoms with Gasteiger partial charge in [0.15, 0.2) is 6.10 Å². The Morgan fingerprint density at radius 3 is 1.49 bits per heavy atom. The first-order valence-electron chi connectivity index (χ1n) is 22.1. The Bertz CT molecular complexity index is 1270. The van der Waals surface area contributed by atoms with Crippen molar-refractivity contribution in [1.29, 1.82) is 0 Å². The van der Waals surface area contributed by atoms with E-state index in [1.54, 1.807) is 0 Å². The second-order valence-electron chi connectivity index (χ2n) is 15.2. The smallest absolute Gasteiger partial charge is 0.462 e. The summed E-state index contributed by atoms with van der Waals surface area (Å²) in [4.78, 5) is 35.6. The van der Waals surface area contributed by atoms with Crippen molar-refractivity contribution < 1.29 is 63.1 Å². The minimum atomic E-state index is -5.13. The van der Waals surface area contributed by atoms with Crippen LogP contribution < -0.4 is 0 Å². The Kier molecular flexibility index (Phi) is 32.5. The summed E-state index contributed by atoms with van der Waals surface area (Å²) >= 11 is 0. The van der Waals surface area contributed by atoms with Crippen molar-refractivity contribution in [3.05, 3.63) is 60.8 Å². The number of carbonyl (C=O) groups excluding carboxylic acids is 2. The Balaban J connectivity index is 2.51. The maximum absolute atomic E-state index is 12.8. The fourth-order valence-electron chi connectivity index (χ4n) is 6.21. The number of phosphoric acid groups is 1. The number of aliphatic hydroxyl groups excluding tert-OH is 5. The molecule has 0 saturated heterocycles.